The SMILES string of the molecule is CCc1ccc(C)c(NC(=O)Cc2noc(C)n2)c1. The molecule has 0 unspecified atom stereocenters. The third kappa shape index (κ3) is 3.40. The fraction of sp³-hybridized carbons (Fsp3) is 0.357. The van der Waals surface area contributed by atoms with Crippen LogP contribution in [0.25, 0.3) is 0 Å². The van der Waals surface area contributed by atoms with Crippen molar-refractivity contribution in [2.45, 2.75) is 33.6 Å². The summed E-state index contributed by atoms with van der Waals surface area (Å²) in [6.07, 6.45) is 1.06. The molecule has 5 heteroatoms. The highest BCUT2D eigenvalue weighted by Crippen LogP contribution is 2.17. The van der Waals surface area contributed by atoms with Crippen molar-refractivity contribution < 1.29 is 9.32 Å². The van der Waals surface area contributed by atoms with Crippen molar-refractivity contribution in [3.05, 3.63) is 41.0 Å². The van der Waals surface area contributed by atoms with Crippen LogP contribution in [0.2, 0.25) is 0 Å². The number of rotatable bonds is 4. The summed E-state index contributed by atoms with van der Waals surface area (Å²) in [5.41, 5.74) is 3.07. The van der Waals surface area contributed by atoms with Crippen LogP contribution >= 0.6 is 0 Å². The summed E-state index contributed by atoms with van der Waals surface area (Å²) in [6.45, 7) is 5.75. The molecule has 0 aliphatic rings. The minimum absolute atomic E-state index is 0.118. The van der Waals surface area contributed by atoms with Gasteiger partial charge in [0.25, 0.3) is 0 Å². The molecule has 0 bridgehead atoms. The number of carbonyl (C=O) groups is 1. The molecule has 0 fully saturated rings. The van der Waals surface area contributed by atoms with Crippen LogP contribution in [0, 0.1) is 13.8 Å². The predicted octanol–water partition coefficient (Wildman–Crippen LogP) is 2.43. The lowest BCUT2D eigenvalue weighted by Gasteiger charge is -2.09. The molecule has 2 aromatic rings. The minimum Gasteiger partial charge on any atom is -0.340 e. The molecule has 0 radical (unpaired) electrons. The molecule has 1 aromatic heterocycles. The molecule has 19 heavy (non-hydrogen) atoms. The van der Waals surface area contributed by atoms with Gasteiger partial charge in [0, 0.05) is 12.6 Å². The van der Waals surface area contributed by atoms with Gasteiger partial charge in [-0.1, -0.05) is 24.2 Å². The van der Waals surface area contributed by atoms with Crippen molar-refractivity contribution in [2.75, 3.05) is 5.32 Å². The largest absolute Gasteiger partial charge is 0.340 e. The molecule has 1 heterocycles. The van der Waals surface area contributed by atoms with Gasteiger partial charge in [0.1, 0.15) is 0 Å². The summed E-state index contributed by atoms with van der Waals surface area (Å²) in [7, 11) is 0. The predicted molar refractivity (Wildman–Crippen MR) is 71.9 cm³/mol. The Balaban J connectivity index is 2.06. The van der Waals surface area contributed by atoms with Gasteiger partial charge in [-0.25, -0.2) is 0 Å². The lowest BCUT2D eigenvalue weighted by molar-refractivity contribution is -0.115. The van der Waals surface area contributed by atoms with E-state index in [0.717, 1.165) is 17.7 Å². The van der Waals surface area contributed by atoms with Gasteiger partial charge in [-0.05, 0) is 30.5 Å². The van der Waals surface area contributed by atoms with E-state index in [1.165, 1.54) is 5.56 Å². The lowest BCUT2D eigenvalue weighted by Crippen LogP contribution is -2.16. The monoisotopic (exact) mass is 259 g/mol. The second-order valence-electron chi connectivity index (χ2n) is 4.46. The van der Waals surface area contributed by atoms with Crippen LogP contribution in [-0.2, 0) is 17.6 Å². The molecule has 2 rings (SSSR count). The number of nitrogens with zero attached hydrogens (tertiary/aromatic N) is 2. The maximum Gasteiger partial charge on any atom is 0.232 e. The number of hydrogen-bond donors (Lipinski definition) is 1. The van der Waals surface area contributed by atoms with Gasteiger partial charge in [0.05, 0.1) is 6.42 Å². The van der Waals surface area contributed by atoms with Gasteiger partial charge in [0.15, 0.2) is 5.82 Å². The number of aromatic nitrogens is 2. The fourth-order valence-electron chi connectivity index (χ4n) is 1.77. The molecular formula is C14H17N3O2. The number of nitrogens with one attached hydrogen (secondary N) is 1. The number of amides is 1. The molecule has 0 aliphatic heterocycles. The molecule has 0 atom stereocenters. The number of benzene rings is 1. The summed E-state index contributed by atoms with van der Waals surface area (Å²) in [4.78, 5) is 15.9. The van der Waals surface area contributed by atoms with Gasteiger partial charge in [-0.3, -0.25) is 4.79 Å². The number of carbonyl (C=O) groups excluding carboxylic acids is 1. The number of hydrogen-bond acceptors (Lipinski definition) is 4. The zero-order valence-electron chi connectivity index (χ0n) is 11.4. The average Bonchev–Trinajstić information content (AvgIpc) is 2.77. The Labute approximate surface area is 112 Å². The van der Waals surface area contributed by atoms with Crippen molar-refractivity contribution in [1.82, 2.24) is 10.1 Å². The minimum atomic E-state index is -0.142. The van der Waals surface area contributed by atoms with E-state index in [-0.39, 0.29) is 12.3 Å². The number of anilines is 1. The molecule has 0 saturated heterocycles. The molecule has 0 saturated carbocycles. The van der Waals surface area contributed by atoms with Crippen molar-refractivity contribution >= 4 is 11.6 Å². The Kier molecular flexibility index (Phi) is 3.94. The highest BCUT2D eigenvalue weighted by atomic mass is 16.5. The van der Waals surface area contributed by atoms with Gasteiger partial charge in [0.2, 0.25) is 11.8 Å². The van der Waals surface area contributed by atoms with Gasteiger partial charge < -0.3 is 9.84 Å². The van der Waals surface area contributed by atoms with Crippen LogP contribution in [0.15, 0.2) is 22.7 Å². The van der Waals surface area contributed by atoms with E-state index in [1.54, 1.807) is 6.92 Å². The Bertz CT molecular complexity index is 590. The Morgan fingerprint density at radius 3 is 2.79 bits per heavy atom. The Morgan fingerprint density at radius 2 is 2.16 bits per heavy atom. The lowest BCUT2D eigenvalue weighted by atomic mass is 10.1. The molecule has 5 nitrogen and oxygen atoms in total. The van der Waals surface area contributed by atoms with Crippen LogP contribution in [0.1, 0.15) is 29.8 Å². The van der Waals surface area contributed by atoms with E-state index in [9.17, 15) is 4.79 Å². The zero-order valence-corrected chi connectivity index (χ0v) is 11.4. The molecule has 1 aromatic carbocycles. The summed E-state index contributed by atoms with van der Waals surface area (Å²) in [5, 5.41) is 6.59. The van der Waals surface area contributed by atoms with Gasteiger partial charge in [-0.15, -0.1) is 0 Å². The van der Waals surface area contributed by atoms with E-state index in [4.69, 9.17) is 4.52 Å². The van der Waals surface area contributed by atoms with Gasteiger partial charge >= 0.3 is 0 Å². The quantitative estimate of drug-likeness (QED) is 0.915. The molecule has 0 spiro atoms. The van der Waals surface area contributed by atoms with Crippen molar-refractivity contribution in [3.63, 3.8) is 0 Å². The summed E-state index contributed by atoms with van der Waals surface area (Å²) < 4.78 is 4.83. The van der Waals surface area contributed by atoms with Crippen molar-refractivity contribution in [2.24, 2.45) is 0 Å². The van der Waals surface area contributed by atoms with Crippen LogP contribution < -0.4 is 5.32 Å². The molecule has 0 aliphatic carbocycles. The first-order chi connectivity index (χ1) is 9.08. The first kappa shape index (κ1) is 13.3. The van der Waals surface area contributed by atoms with Crippen molar-refractivity contribution in [1.29, 1.82) is 0 Å². The highest BCUT2D eigenvalue weighted by Gasteiger charge is 2.10. The smallest absolute Gasteiger partial charge is 0.232 e. The highest BCUT2D eigenvalue weighted by molar-refractivity contribution is 5.92. The second-order valence-corrected chi connectivity index (χ2v) is 4.46. The fourth-order valence-corrected chi connectivity index (χ4v) is 1.77. The average molecular weight is 259 g/mol. The number of aryl methyl sites for hydroxylation is 3. The first-order valence-corrected chi connectivity index (χ1v) is 6.27. The van der Waals surface area contributed by atoms with Crippen LogP contribution in [-0.4, -0.2) is 16.0 Å². The van der Waals surface area contributed by atoms with E-state index >= 15 is 0 Å². The van der Waals surface area contributed by atoms with E-state index in [2.05, 4.69) is 28.4 Å². The third-order valence-electron chi connectivity index (χ3n) is 2.87. The molecular weight excluding hydrogens is 242 g/mol. The van der Waals surface area contributed by atoms with Gasteiger partial charge in [-0.2, -0.15) is 4.98 Å². The Morgan fingerprint density at radius 1 is 1.37 bits per heavy atom. The normalized spacial score (nSPS) is 10.5. The van der Waals surface area contributed by atoms with Crippen LogP contribution in [0.4, 0.5) is 5.69 Å². The maximum atomic E-state index is 11.9. The molecule has 1 amide bonds. The Hall–Kier alpha value is -2.17. The standard InChI is InChI=1S/C14H17N3O2/c1-4-11-6-5-9(2)12(7-11)16-14(18)8-13-15-10(3)19-17-13/h5-7H,4,8H2,1-3H3,(H,16,18). The summed E-state index contributed by atoms with van der Waals surface area (Å²) in [6, 6.07) is 6.06. The second kappa shape index (κ2) is 5.65. The van der Waals surface area contributed by atoms with E-state index < -0.39 is 0 Å². The van der Waals surface area contributed by atoms with Crippen LogP contribution in [0.3, 0.4) is 0 Å². The van der Waals surface area contributed by atoms with Crippen LogP contribution in [0.5, 0.6) is 0 Å². The first-order valence-electron chi connectivity index (χ1n) is 6.27. The topological polar surface area (TPSA) is 68.0 Å². The zero-order chi connectivity index (χ0) is 13.8. The van der Waals surface area contributed by atoms with E-state index in [0.29, 0.717) is 11.7 Å². The molecule has 100 valence electrons. The summed E-state index contributed by atoms with van der Waals surface area (Å²) in [5.74, 6) is 0.725. The van der Waals surface area contributed by atoms with Crippen molar-refractivity contribution in [3.8, 4) is 0 Å². The third-order valence-corrected chi connectivity index (χ3v) is 2.87. The summed E-state index contributed by atoms with van der Waals surface area (Å²) >= 11 is 0. The van der Waals surface area contributed by atoms with E-state index in [1.807, 2.05) is 19.1 Å². The molecule has 1 N–H and O–H groups in total. The maximum absolute atomic E-state index is 11.9.